The lowest BCUT2D eigenvalue weighted by Gasteiger charge is -2.22. The summed E-state index contributed by atoms with van der Waals surface area (Å²) in [5.74, 6) is 3.28. The lowest BCUT2D eigenvalue weighted by Crippen LogP contribution is -2.16. The van der Waals surface area contributed by atoms with Gasteiger partial charge in [-0.1, -0.05) is 67.6 Å². The van der Waals surface area contributed by atoms with E-state index in [0.717, 1.165) is 23.8 Å². The van der Waals surface area contributed by atoms with Crippen molar-refractivity contribution in [3.05, 3.63) is 66.3 Å². The highest BCUT2D eigenvalue weighted by molar-refractivity contribution is 5.57. The Morgan fingerprint density at radius 3 is 2.59 bits per heavy atom. The Balaban J connectivity index is 1.70. The summed E-state index contributed by atoms with van der Waals surface area (Å²) >= 11 is 0. The average Bonchev–Trinajstić information content (AvgIpc) is 3.02. The van der Waals surface area contributed by atoms with Crippen LogP contribution in [0.4, 0.5) is 0 Å². The van der Waals surface area contributed by atoms with Crippen LogP contribution in [0.15, 0.2) is 60.7 Å². The maximum Gasteiger partial charge on any atom is 0.119 e. The number of hydrogen-bond acceptors (Lipinski definition) is 1. The maximum atomic E-state index is 6.06. The molecule has 22 heavy (non-hydrogen) atoms. The number of fused-ring (bicyclic) bond motifs is 1. The van der Waals surface area contributed by atoms with E-state index in [1.165, 1.54) is 18.4 Å². The molecule has 1 aromatic carbocycles. The summed E-state index contributed by atoms with van der Waals surface area (Å²) in [4.78, 5) is 0. The SMILES string of the molecule is C=C(OCC1C2=CC(C)CC2CC1C(=C)C)c1ccccc1. The first-order valence-corrected chi connectivity index (χ1v) is 8.30. The summed E-state index contributed by atoms with van der Waals surface area (Å²) in [7, 11) is 0. The van der Waals surface area contributed by atoms with Crippen molar-refractivity contribution in [3.63, 3.8) is 0 Å². The third kappa shape index (κ3) is 2.90. The summed E-state index contributed by atoms with van der Waals surface area (Å²) in [5.41, 5.74) is 3.97. The lowest BCUT2D eigenvalue weighted by molar-refractivity contribution is 0.216. The van der Waals surface area contributed by atoms with Crippen LogP contribution in [0.2, 0.25) is 0 Å². The van der Waals surface area contributed by atoms with Crippen LogP contribution in [-0.2, 0) is 4.74 Å². The van der Waals surface area contributed by atoms with E-state index in [1.54, 1.807) is 5.57 Å². The molecule has 0 aliphatic heterocycles. The molecule has 1 heteroatoms. The lowest BCUT2D eigenvalue weighted by atomic mass is 9.88. The van der Waals surface area contributed by atoms with Crippen molar-refractivity contribution >= 4 is 5.76 Å². The molecule has 0 amide bonds. The zero-order valence-electron chi connectivity index (χ0n) is 13.7. The van der Waals surface area contributed by atoms with Crippen molar-refractivity contribution in [3.8, 4) is 0 Å². The smallest absolute Gasteiger partial charge is 0.119 e. The molecule has 1 fully saturated rings. The molecule has 0 N–H and O–H groups in total. The fourth-order valence-corrected chi connectivity index (χ4v) is 4.13. The van der Waals surface area contributed by atoms with Crippen molar-refractivity contribution in [1.82, 2.24) is 0 Å². The van der Waals surface area contributed by atoms with Crippen LogP contribution < -0.4 is 0 Å². The van der Waals surface area contributed by atoms with E-state index in [1.807, 2.05) is 30.3 Å². The second kappa shape index (κ2) is 6.16. The Labute approximate surface area is 134 Å². The van der Waals surface area contributed by atoms with E-state index < -0.39 is 0 Å². The van der Waals surface area contributed by atoms with Crippen molar-refractivity contribution < 1.29 is 4.74 Å². The minimum Gasteiger partial charge on any atom is -0.493 e. The van der Waals surface area contributed by atoms with Crippen LogP contribution in [0.5, 0.6) is 0 Å². The van der Waals surface area contributed by atoms with Gasteiger partial charge in [0, 0.05) is 11.5 Å². The molecule has 3 rings (SSSR count). The third-order valence-electron chi connectivity index (χ3n) is 5.22. The molecule has 0 spiro atoms. The van der Waals surface area contributed by atoms with Gasteiger partial charge in [0.2, 0.25) is 0 Å². The molecule has 0 saturated heterocycles. The molecule has 116 valence electrons. The van der Waals surface area contributed by atoms with Crippen molar-refractivity contribution in [2.75, 3.05) is 6.61 Å². The van der Waals surface area contributed by atoms with Gasteiger partial charge >= 0.3 is 0 Å². The molecule has 0 bridgehead atoms. The quantitative estimate of drug-likeness (QED) is 0.517. The maximum absolute atomic E-state index is 6.06. The van der Waals surface area contributed by atoms with Crippen molar-refractivity contribution in [2.24, 2.45) is 23.7 Å². The summed E-state index contributed by atoms with van der Waals surface area (Å²) < 4.78 is 6.06. The van der Waals surface area contributed by atoms with Crippen LogP contribution in [0.1, 0.15) is 32.3 Å². The number of ether oxygens (including phenoxy) is 1. The summed E-state index contributed by atoms with van der Waals surface area (Å²) in [5, 5.41) is 0. The molecule has 1 aromatic rings. The normalized spacial score (nSPS) is 29.8. The van der Waals surface area contributed by atoms with Crippen LogP contribution in [0.3, 0.4) is 0 Å². The Bertz CT molecular complexity index is 596. The van der Waals surface area contributed by atoms with Gasteiger partial charge in [-0.05, 0) is 37.5 Å². The third-order valence-corrected chi connectivity index (χ3v) is 5.22. The van der Waals surface area contributed by atoms with E-state index in [4.69, 9.17) is 4.74 Å². The Kier molecular flexibility index (Phi) is 4.24. The van der Waals surface area contributed by atoms with Gasteiger partial charge in [0.1, 0.15) is 5.76 Å². The topological polar surface area (TPSA) is 9.23 Å². The fraction of sp³-hybridized carbons (Fsp3) is 0.429. The number of allylic oxidation sites excluding steroid dienone is 2. The van der Waals surface area contributed by atoms with E-state index in [9.17, 15) is 0 Å². The Hall–Kier alpha value is -1.76. The zero-order chi connectivity index (χ0) is 15.7. The summed E-state index contributed by atoms with van der Waals surface area (Å²) in [6.07, 6.45) is 5.03. The van der Waals surface area contributed by atoms with Gasteiger partial charge in [0.05, 0.1) is 6.61 Å². The van der Waals surface area contributed by atoms with E-state index >= 15 is 0 Å². The minimum absolute atomic E-state index is 0.480. The molecule has 0 aromatic heterocycles. The Morgan fingerprint density at radius 1 is 1.18 bits per heavy atom. The van der Waals surface area contributed by atoms with E-state index in [0.29, 0.717) is 17.8 Å². The number of benzene rings is 1. The van der Waals surface area contributed by atoms with Gasteiger partial charge in [-0.25, -0.2) is 0 Å². The second-order valence-corrected chi connectivity index (χ2v) is 6.97. The highest BCUT2D eigenvalue weighted by Gasteiger charge is 2.42. The van der Waals surface area contributed by atoms with Crippen LogP contribution >= 0.6 is 0 Å². The number of hydrogen-bond donors (Lipinski definition) is 0. The summed E-state index contributed by atoms with van der Waals surface area (Å²) in [6.45, 7) is 13.5. The minimum atomic E-state index is 0.480. The van der Waals surface area contributed by atoms with Gasteiger partial charge < -0.3 is 4.74 Å². The summed E-state index contributed by atoms with van der Waals surface area (Å²) in [6, 6.07) is 10.2. The molecule has 1 saturated carbocycles. The van der Waals surface area contributed by atoms with Gasteiger partial charge in [-0.3, -0.25) is 0 Å². The predicted molar refractivity (Wildman–Crippen MR) is 93.2 cm³/mol. The zero-order valence-corrected chi connectivity index (χ0v) is 13.7. The van der Waals surface area contributed by atoms with Gasteiger partial charge in [0.25, 0.3) is 0 Å². The molecule has 0 radical (unpaired) electrons. The van der Waals surface area contributed by atoms with Crippen molar-refractivity contribution in [2.45, 2.75) is 26.7 Å². The van der Waals surface area contributed by atoms with Crippen molar-refractivity contribution in [1.29, 1.82) is 0 Å². The van der Waals surface area contributed by atoms with Crippen LogP contribution in [-0.4, -0.2) is 6.61 Å². The fourth-order valence-electron chi connectivity index (χ4n) is 4.13. The molecular weight excluding hydrogens is 268 g/mol. The van der Waals surface area contributed by atoms with Gasteiger partial charge in [-0.15, -0.1) is 0 Å². The molecule has 1 nitrogen and oxygen atoms in total. The first-order chi connectivity index (χ1) is 10.6. The Morgan fingerprint density at radius 2 is 1.91 bits per heavy atom. The first-order valence-electron chi connectivity index (χ1n) is 8.30. The predicted octanol–water partition coefficient (Wildman–Crippen LogP) is 5.47. The molecule has 0 heterocycles. The van der Waals surface area contributed by atoms with Crippen LogP contribution in [0, 0.1) is 23.7 Å². The van der Waals surface area contributed by atoms with Gasteiger partial charge in [-0.2, -0.15) is 0 Å². The van der Waals surface area contributed by atoms with Gasteiger partial charge in [0.15, 0.2) is 0 Å². The highest BCUT2D eigenvalue weighted by atomic mass is 16.5. The molecule has 4 unspecified atom stereocenters. The molecule has 2 aliphatic rings. The van der Waals surface area contributed by atoms with Crippen LogP contribution in [0.25, 0.3) is 5.76 Å². The average molecular weight is 294 g/mol. The number of rotatable bonds is 5. The molecular formula is C21H26O. The largest absolute Gasteiger partial charge is 0.493 e. The van der Waals surface area contributed by atoms with E-state index in [2.05, 4.69) is 33.1 Å². The molecule has 2 aliphatic carbocycles. The monoisotopic (exact) mass is 294 g/mol. The van der Waals surface area contributed by atoms with E-state index in [-0.39, 0.29) is 0 Å². The molecule has 4 atom stereocenters. The highest BCUT2D eigenvalue weighted by Crippen LogP contribution is 2.51. The second-order valence-electron chi connectivity index (χ2n) is 6.97. The standard InChI is InChI=1S/C21H26O/c1-14(2)19-12-18-10-15(3)11-20(18)21(19)13-22-16(4)17-8-6-5-7-9-17/h5-9,11,15,18-19,21H,1,4,10,12-13H2,2-3H3. The first kappa shape index (κ1) is 15.1.